The van der Waals surface area contributed by atoms with Crippen LogP contribution in [0.4, 0.5) is 10.1 Å². The summed E-state index contributed by atoms with van der Waals surface area (Å²) in [6.07, 6.45) is 6.22. The Kier molecular flexibility index (Phi) is 8.25. The van der Waals surface area contributed by atoms with E-state index in [1.165, 1.54) is 11.1 Å². The molecule has 4 rings (SSSR count). The Bertz CT molecular complexity index is 1290. The molecule has 9 nitrogen and oxygen atoms in total. The zero-order chi connectivity index (χ0) is 26.4. The van der Waals surface area contributed by atoms with Crippen molar-refractivity contribution in [2.45, 2.75) is 38.0 Å². The zero-order valence-electron chi connectivity index (χ0n) is 20.7. The number of nitrogens with one attached hydrogen (secondary N) is 2. The van der Waals surface area contributed by atoms with Gasteiger partial charge >= 0.3 is 0 Å². The van der Waals surface area contributed by atoms with Crippen LogP contribution in [-0.2, 0) is 4.79 Å². The molecule has 3 atom stereocenters. The summed E-state index contributed by atoms with van der Waals surface area (Å²) in [7, 11) is 0. The molecule has 3 heterocycles. The minimum absolute atomic E-state index is 0.0127. The van der Waals surface area contributed by atoms with Gasteiger partial charge in [-0.3, -0.25) is 19.5 Å². The molecule has 2 aromatic rings. The fourth-order valence-electron chi connectivity index (χ4n) is 4.82. The van der Waals surface area contributed by atoms with Gasteiger partial charge < -0.3 is 15.5 Å². The van der Waals surface area contributed by atoms with Gasteiger partial charge in [-0.15, -0.1) is 0 Å². The molecule has 1 aromatic heterocycles. The van der Waals surface area contributed by atoms with Gasteiger partial charge in [-0.25, -0.2) is 9.38 Å². The van der Waals surface area contributed by atoms with E-state index in [1.54, 1.807) is 24.4 Å². The lowest BCUT2D eigenvalue weighted by Gasteiger charge is -2.23. The standard InChI is InChI=1S/C27H30FN7O2/c1-3-6-24(30-4-2)33-27(37)22-8-9-23(21-7-5-11-31-26(21)22)32-19-10-12-34(16-19)17-25(36)35-15-18(28)13-20(35)14-29/h3-9,11,18-20,32H,2,10,12-13,15-17H2,1H3,(H,30,33,37)/b6-3-/t18-,19-,20-/m0/s1. The molecule has 2 aliphatic rings. The molecule has 37 heavy (non-hydrogen) atoms. The quantitative estimate of drug-likeness (QED) is 0.444. The first-order valence-corrected chi connectivity index (χ1v) is 12.3. The van der Waals surface area contributed by atoms with Crippen molar-refractivity contribution in [2.24, 2.45) is 4.99 Å². The molecule has 0 spiro atoms. The number of hydrogen-bond acceptors (Lipinski definition) is 7. The van der Waals surface area contributed by atoms with Gasteiger partial charge in [-0.05, 0) is 43.7 Å². The van der Waals surface area contributed by atoms with E-state index < -0.39 is 12.2 Å². The third-order valence-corrected chi connectivity index (χ3v) is 6.52. The number of halogens is 1. The van der Waals surface area contributed by atoms with Crippen molar-refractivity contribution in [1.82, 2.24) is 20.1 Å². The third-order valence-electron chi connectivity index (χ3n) is 6.52. The number of hydrogen-bond donors (Lipinski definition) is 2. The number of aliphatic imine (C=N–C) groups is 1. The van der Waals surface area contributed by atoms with Crippen molar-refractivity contribution in [3.8, 4) is 6.07 Å². The van der Waals surface area contributed by atoms with Crippen molar-refractivity contribution in [3.05, 3.63) is 61.0 Å². The van der Waals surface area contributed by atoms with E-state index in [1.807, 2.05) is 36.1 Å². The number of anilines is 1. The number of likely N-dealkylation sites (tertiary alicyclic amines) is 2. The smallest absolute Gasteiger partial charge is 0.259 e. The van der Waals surface area contributed by atoms with Crippen LogP contribution in [0.5, 0.6) is 0 Å². The van der Waals surface area contributed by atoms with Crippen LogP contribution in [-0.4, -0.2) is 76.9 Å². The summed E-state index contributed by atoms with van der Waals surface area (Å²) < 4.78 is 13.7. The van der Waals surface area contributed by atoms with E-state index in [9.17, 15) is 19.2 Å². The van der Waals surface area contributed by atoms with Gasteiger partial charge in [0, 0.05) is 49.0 Å². The third kappa shape index (κ3) is 6.01. The van der Waals surface area contributed by atoms with Gasteiger partial charge in [-0.1, -0.05) is 12.7 Å². The second-order valence-electron chi connectivity index (χ2n) is 9.10. The molecule has 10 heteroatoms. The fraction of sp³-hybridized carbons (Fsp3) is 0.370. The molecule has 1 aromatic carbocycles. The van der Waals surface area contributed by atoms with Crippen molar-refractivity contribution in [1.29, 1.82) is 5.26 Å². The van der Waals surface area contributed by atoms with E-state index in [-0.39, 0.29) is 37.4 Å². The number of nitrogens with zero attached hydrogens (tertiary/aromatic N) is 5. The van der Waals surface area contributed by atoms with E-state index in [0.29, 0.717) is 30.0 Å². The molecule has 2 fully saturated rings. The average Bonchev–Trinajstić information content (AvgIpc) is 3.50. The summed E-state index contributed by atoms with van der Waals surface area (Å²) in [5, 5.41) is 16.3. The number of allylic oxidation sites excluding steroid dienone is 1. The second kappa shape index (κ2) is 11.8. The maximum Gasteiger partial charge on any atom is 0.259 e. The molecule has 0 unspecified atom stereocenters. The Morgan fingerprint density at radius 3 is 2.95 bits per heavy atom. The van der Waals surface area contributed by atoms with Crippen molar-refractivity contribution < 1.29 is 14.0 Å². The number of amides is 2. The highest BCUT2D eigenvalue weighted by Gasteiger charge is 2.36. The highest BCUT2D eigenvalue weighted by atomic mass is 19.1. The van der Waals surface area contributed by atoms with E-state index >= 15 is 0 Å². The van der Waals surface area contributed by atoms with Crippen LogP contribution >= 0.6 is 0 Å². The number of pyridine rings is 1. The van der Waals surface area contributed by atoms with Crippen LogP contribution in [0.15, 0.2) is 60.4 Å². The van der Waals surface area contributed by atoms with E-state index in [4.69, 9.17) is 0 Å². The normalized spacial score (nSPS) is 22.4. The lowest BCUT2D eigenvalue weighted by atomic mass is 10.1. The number of carbonyl (C=O) groups is 2. The van der Waals surface area contributed by atoms with Crippen LogP contribution in [0.2, 0.25) is 0 Å². The van der Waals surface area contributed by atoms with Gasteiger partial charge in [0.2, 0.25) is 5.91 Å². The molecule has 2 aliphatic heterocycles. The predicted octanol–water partition coefficient (Wildman–Crippen LogP) is 3.03. The summed E-state index contributed by atoms with van der Waals surface area (Å²) in [5.41, 5.74) is 1.83. The van der Waals surface area contributed by atoms with Crippen LogP contribution in [0.1, 0.15) is 30.1 Å². The number of fused-ring (bicyclic) bond motifs is 1. The largest absolute Gasteiger partial charge is 0.380 e. The average molecular weight is 504 g/mol. The molecule has 0 bridgehead atoms. The molecule has 2 saturated heterocycles. The summed E-state index contributed by atoms with van der Waals surface area (Å²) in [4.78, 5) is 37.6. The minimum atomic E-state index is -1.14. The summed E-state index contributed by atoms with van der Waals surface area (Å²) in [6.45, 7) is 6.89. The first-order valence-electron chi connectivity index (χ1n) is 12.3. The molecule has 2 N–H and O–H groups in total. The first kappa shape index (κ1) is 26.0. The predicted molar refractivity (Wildman–Crippen MR) is 141 cm³/mol. The topological polar surface area (TPSA) is 114 Å². The number of aromatic nitrogens is 1. The Balaban J connectivity index is 1.44. The Morgan fingerprint density at radius 1 is 1.35 bits per heavy atom. The van der Waals surface area contributed by atoms with Crippen LogP contribution in [0.25, 0.3) is 10.9 Å². The second-order valence-corrected chi connectivity index (χ2v) is 9.10. The molecule has 2 amide bonds. The number of alkyl halides is 1. The SMILES string of the molecule is C=CN=C(/C=C\C)NC(=O)c1ccc(N[C@H]2CCN(CC(=O)N3C[C@@H](F)C[C@H]3C#N)C2)c2cccnc12. The fourth-order valence-corrected chi connectivity index (χ4v) is 4.82. The lowest BCUT2D eigenvalue weighted by molar-refractivity contribution is -0.132. The van der Waals surface area contributed by atoms with Gasteiger partial charge in [0.25, 0.3) is 5.91 Å². The van der Waals surface area contributed by atoms with Crippen LogP contribution in [0, 0.1) is 11.3 Å². The minimum Gasteiger partial charge on any atom is -0.380 e. The Hall–Kier alpha value is -4.10. The molecular weight excluding hydrogens is 473 g/mol. The van der Waals surface area contributed by atoms with Gasteiger partial charge in [0.15, 0.2) is 0 Å². The van der Waals surface area contributed by atoms with Crippen LogP contribution in [0.3, 0.4) is 0 Å². The van der Waals surface area contributed by atoms with Gasteiger partial charge in [0.1, 0.15) is 18.0 Å². The van der Waals surface area contributed by atoms with Gasteiger partial charge in [-0.2, -0.15) is 5.26 Å². The zero-order valence-corrected chi connectivity index (χ0v) is 20.7. The molecular formula is C27H30FN7O2. The number of amidine groups is 1. The Morgan fingerprint density at radius 2 is 2.19 bits per heavy atom. The first-order chi connectivity index (χ1) is 17.9. The van der Waals surface area contributed by atoms with Crippen molar-refractivity contribution >= 4 is 34.2 Å². The lowest BCUT2D eigenvalue weighted by Crippen LogP contribution is -2.42. The summed E-state index contributed by atoms with van der Waals surface area (Å²) in [5.74, 6) is -0.159. The number of rotatable bonds is 7. The van der Waals surface area contributed by atoms with E-state index in [0.717, 1.165) is 17.5 Å². The monoisotopic (exact) mass is 503 g/mol. The summed E-state index contributed by atoms with van der Waals surface area (Å²) >= 11 is 0. The van der Waals surface area contributed by atoms with Gasteiger partial charge in [0.05, 0.1) is 30.2 Å². The summed E-state index contributed by atoms with van der Waals surface area (Å²) in [6, 6.07) is 8.73. The number of benzene rings is 1. The van der Waals surface area contributed by atoms with Crippen molar-refractivity contribution in [2.75, 3.05) is 31.5 Å². The van der Waals surface area contributed by atoms with Crippen molar-refractivity contribution in [3.63, 3.8) is 0 Å². The van der Waals surface area contributed by atoms with E-state index in [2.05, 4.69) is 27.2 Å². The maximum absolute atomic E-state index is 13.7. The molecule has 0 radical (unpaired) electrons. The number of nitriles is 1. The highest BCUT2D eigenvalue weighted by Crippen LogP contribution is 2.27. The molecule has 192 valence electrons. The highest BCUT2D eigenvalue weighted by molar-refractivity contribution is 6.15. The maximum atomic E-state index is 13.7. The Labute approximate surface area is 215 Å². The molecule has 0 saturated carbocycles. The molecule has 0 aliphatic carbocycles. The van der Waals surface area contributed by atoms with Crippen LogP contribution < -0.4 is 10.6 Å². The number of carbonyl (C=O) groups excluding carboxylic acids is 2.